The highest BCUT2D eigenvalue weighted by molar-refractivity contribution is 6.36. The van der Waals surface area contributed by atoms with Crippen LogP contribution in [0.15, 0.2) is 54.6 Å². The minimum atomic E-state index is -0.221. The lowest BCUT2D eigenvalue weighted by molar-refractivity contribution is -0.129. The zero-order chi connectivity index (χ0) is 21.3. The first-order valence-electron chi connectivity index (χ1n) is 9.72. The van der Waals surface area contributed by atoms with Gasteiger partial charge >= 0.3 is 0 Å². The summed E-state index contributed by atoms with van der Waals surface area (Å²) in [6.45, 7) is 4.38. The monoisotopic (exact) mass is 441 g/mol. The molecule has 1 heterocycles. The maximum atomic E-state index is 12.9. The van der Waals surface area contributed by atoms with Crippen LogP contribution in [-0.4, -0.2) is 42.9 Å². The minimum Gasteiger partial charge on any atom is -0.367 e. The molecule has 4 rings (SSSR count). The number of benzene rings is 3. The van der Waals surface area contributed by atoms with Crippen molar-refractivity contribution in [1.29, 1.82) is 0 Å². The predicted molar refractivity (Wildman–Crippen MR) is 123 cm³/mol. The number of carbonyl (C=O) groups excluding carboxylic acids is 2. The Balaban J connectivity index is 1.51. The molecule has 3 aromatic carbocycles. The number of amides is 2. The SMILES string of the molecule is CC(=O)N1CCN(c2ccc(NC(=O)c3cccc4c(Cl)cccc34)cc2Cl)CC1. The van der Waals surface area contributed by atoms with E-state index in [1.54, 1.807) is 25.1 Å². The molecule has 5 nitrogen and oxygen atoms in total. The van der Waals surface area contributed by atoms with Crippen molar-refractivity contribution in [3.8, 4) is 0 Å². The minimum absolute atomic E-state index is 0.0912. The van der Waals surface area contributed by atoms with Crippen molar-refractivity contribution in [1.82, 2.24) is 4.90 Å². The van der Waals surface area contributed by atoms with Crippen LogP contribution in [0.3, 0.4) is 0 Å². The van der Waals surface area contributed by atoms with Gasteiger partial charge in [0.05, 0.1) is 10.7 Å². The summed E-state index contributed by atoms with van der Waals surface area (Å²) < 4.78 is 0. The molecule has 1 fully saturated rings. The van der Waals surface area contributed by atoms with E-state index in [9.17, 15) is 9.59 Å². The van der Waals surface area contributed by atoms with Gasteiger partial charge in [-0.25, -0.2) is 0 Å². The molecule has 0 spiro atoms. The molecule has 1 aliphatic rings. The molecule has 1 N–H and O–H groups in total. The quantitative estimate of drug-likeness (QED) is 0.617. The Kier molecular flexibility index (Phi) is 5.84. The maximum absolute atomic E-state index is 12.9. The fraction of sp³-hybridized carbons (Fsp3) is 0.217. The number of fused-ring (bicyclic) bond motifs is 1. The van der Waals surface area contributed by atoms with Gasteiger partial charge in [-0.1, -0.05) is 47.5 Å². The molecular formula is C23H21Cl2N3O2. The van der Waals surface area contributed by atoms with Gasteiger partial charge in [0, 0.05) is 54.8 Å². The van der Waals surface area contributed by atoms with Gasteiger partial charge < -0.3 is 15.1 Å². The number of piperazine rings is 1. The lowest BCUT2D eigenvalue weighted by Gasteiger charge is -2.36. The summed E-state index contributed by atoms with van der Waals surface area (Å²) in [5.74, 6) is -0.129. The third-order valence-corrected chi connectivity index (χ3v) is 6.02. The van der Waals surface area contributed by atoms with Gasteiger partial charge in [0.15, 0.2) is 0 Å². The Morgan fingerprint density at radius 1 is 0.867 bits per heavy atom. The second-order valence-corrected chi connectivity index (χ2v) is 8.07. The van der Waals surface area contributed by atoms with Crippen molar-refractivity contribution in [2.75, 3.05) is 36.4 Å². The molecule has 0 aromatic heterocycles. The van der Waals surface area contributed by atoms with Crippen molar-refractivity contribution in [2.24, 2.45) is 0 Å². The standard InChI is InChI=1S/C23H21Cl2N3O2/c1-15(29)27-10-12-28(13-11-27)22-9-8-16(14-21(22)25)26-23(30)19-6-2-5-18-17(19)4-3-7-20(18)24/h2-9,14H,10-13H2,1H3,(H,26,30). The number of anilines is 2. The number of rotatable bonds is 3. The van der Waals surface area contributed by atoms with E-state index in [4.69, 9.17) is 23.2 Å². The molecule has 0 radical (unpaired) electrons. The lowest BCUT2D eigenvalue weighted by atomic mass is 10.0. The summed E-state index contributed by atoms with van der Waals surface area (Å²) in [4.78, 5) is 28.4. The predicted octanol–water partition coefficient (Wildman–Crippen LogP) is 5.07. The average molecular weight is 442 g/mol. The summed E-state index contributed by atoms with van der Waals surface area (Å²) >= 11 is 12.8. The normalized spacial score (nSPS) is 14.1. The molecule has 1 saturated heterocycles. The van der Waals surface area contributed by atoms with E-state index in [2.05, 4.69) is 10.2 Å². The highest BCUT2D eigenvalue weighted by Gasteiger charge is 2.20. The first-order chi connectivity index (χ1) is 14.4. The molecule has 0 atom stereocenters. The molecular weight excluding hydrogens is 421 g/mol. The maximum Gasteiger partial charge on any atom is 0.256 e. The van der Waals surface area contributed by atoms with Gasteiger partial charge in [0.2, 0.25) is 5.91 Å². The topological polar surface area (TPSA) is 52.7 Å². The van der Waals surface area contributed by atoms with E-state index < -0.39 is 0 Å². The first-order valence-corrected chi connectivity index (χ1v) is 10.5. The van der Waals surface area contributed by atoms with Crippen LogP contribution >= 0.6 is 23.2 Å². The molecule has 7 heteroatoms. The number of hydrogen-bond acceptors (Lipinski definition) is 3. The van der Waals surface area contributed by atoms with Crippen LogP contribution in [-0.2, 0) is 4.79 Å². The van der Waals surface area contributed by atoms with Gasteiger partial charge in [0.25, 0.3) is 5.91 Å². The van der Waals surface area contributed by atoms with E-state index in [0.29, 0.717) is 34.4 Å². The van der Waals surface area contributed by atoms with Crippen molar-refractivity contribution < 1.29 is 9.59 Å². The Morgan fingerprint density at radius 3 is 2.27 bits per heavy atom. The van der Waals surface area contributed by atoms with Gasteiger partial charge in [-0.2, -0.15) is 0 Å². The zero-order valence-electron chi connectivity index (χ0n) is 16.5. The second kappa shape index (κ2) is 8.54. The molecule has 30 heavy (non-hydrogen) atoms. The number of carbonyl (C=O) groups is 2. The van der Waals surface area contributed by atoms with Crippen LogP contribution in [0.25, 0.3) is 10.8 Å². The molecule has 0 saturated carbocycles. The Bertz CT molecular complexity index is 1120. The summed E-state index contributed by atoms with van der Waals surface area (Å²) in [6, 6.07) is 16.5. The fourth-order valence-electron chi connectivity index (χ4n) is 3.77. The van der Waals surface area contributed by atoms with Crippen molar-refractivity contribution in [3.63, 3.8) is 0 Å². The van der Waals surface area contributed by atoms with E-state index in [1.807, 2.05) is 41.3 Å². The third kappa shape index (κ3) is 4.09. The van der Waals surface area contributed by atoms with E-state index in [1.165, 1.54) is 0 Å². The Morgan fingerprint density at radius 2 is 1.57 bits per heavy atom. The Hall–Kier alpha value is -2.76. The van der Waals surface area contributed by atoms with E-state index >= 15 is 0 Å². The Labute approximate surface area is 185 Å². The highest BCUT2D eigenvalue weighted by atomic mass is 35.5. The molecule has 3 aromatic rings. The summed E-state index contributed by atoms with van der Waals surface area (Å²) in [7, 11) is 0. The van der Waals surface area contributed by atoms with Gasteiger partial charge in [-0.3, -0.25) is 9.59 Å². The van der Waals surface area contributed by atoms with Crippen LogP contribution in [0.2, 0.25) is 10.0 Å². The lowest BCUT2D eigenvalue weighted by Crippen LogP contribution is -2.48. The van der Waals surface area contributed by atoms with E-state index in [0.717, 1.165) is 29.5 Å². The summed E-state index contributed by atoms with van der Waals surface area (Å²) in [6.07, 6.45) is 0. The van der Waals surface area contributed by atoms with Gasteiger partial charge in [0.1, 0.15) is 0 Å². The van der Waals surface area contributed by atoms with Crippen LogP contribution in [0.4, 0.5) is 11.4 Å². The van der Waals surface area contributed by atoms with Crippen molar-refractivity contribution >= 4 is 57.2 Å². The molecule has 2 amide bonds. The summed E-state index contributed by atoms with van der Waals surface area (Å²) in [5.41, 5.74) is 2.07. The third-order valence-electron chi connectivity index (χ3n) is 5.38. The largest absolute Gasteiger partial charge is 0.367 e. The first kappa shape index (κ1) is 20.5. The zero-order valence-corrected chi connectivity index (χ0v) is 18.0. The smallest absolute Gasteiger partial charge is 0.256 e. The van der Waals surface area contributed by atoms with Crippen LogP contribution in [0.5, 0.6) is 0 Å². The molecule has 0 unspecified atom stereocenters. The molecule has 154 valence electrons. The molecule has 0 bridgehead atoms. The van der Waals surface area contributed by atoms with E-state index in [-0.39, 0.29) is 11.8 Å². The number of nitrogens with one attached hydrogen (secondary N) is 1. The van der Waals surface area contributed by atoms with Gasteiger partial charge in [-0.15, -0.1) is 0 Å². The number of hydrogen-bond donors (Lipinski definition) is 1. The summed E-state index contributed by atoms with van der Waals surface area (Å²) in [5, 5.41) is 5.73. The van der Waals surface area contributed by atoms with Crippen LogP contribution < -0.4 is 10.2 Å². The van der Waals surface area contributed by atoms with Crippen LogP contribution in [0, 0.1) is 0 Å². The van der Waals surface area contributed by atoms with Crippen LogP contribution in [0.1, 0.15) is 17.3 Å². The van der Waals surface area contributed by atoms with Crippen molar-refractivity contribution in [2.45, 2.75) is 6.92 Å². The van der Waals surface area contributed by atoms with Crippen molar-refractivity contribution in [3.05, 3.63) is 70.2 Å². The van der Waals surface area contributed by atoms with Gasteiger partial charge in [-0.05, 0) is 35.7 Å². The molecule has 0 aliphatic carbocycles. The second-order valence-electron chi connectivity index (χ2n) is 7.25. The highest BCUT2D eigenvalue weighted by Crippen LogP contribution is 2.31. The fourth-order valence-corrected chi connectivity index (χ4v) is 4.31. The number of halogens is 2. The number of nitrogens with zero attached hydrogens (tertiary/aromatic N) is 2. The average Bonchev–Trinajstić information content (AvgIpc) is 2.74. The molecule has 1 aliphatic heterocycles.